The number of para-hydroxylation sites is 1. The van der Waals surface area contributed by atoms with E-state index < -0.39 is 0 Å². The molecule has 3 heteroatoms. The van der Waals surface area contributed by atoms with Crippen molar-refractivity contribution in [3.63, 3.8) is 0 Å². The van der Waals surface area contributed by atoms with Crippen LogP contribution in [0.4, 0.5) is 5.69 Å². The molecule has 1 atom stereocenters. The van der Waals surface area contributed by atoms with Crippen molar-refractivity contribution in [2.45, 2.75) is 33.2 Å². The van der Waals surface area contributed by atoms with Crippen LogP contribution in [-0.2, 0) is 0 Å². The lowest BCUT2D eigenvalue weighted by Gasteiger charge is -2.21. The molecule has 3 nitrogen and oxygen atoms in total. The molecule has 0 fully saturated rings. The first-order valence-electron chi connectivity index (χ1n) is 8.67. The van der Waals surface area contributed by atoms with Gasteiger partial charge in [-0.15, -0.1) is 0 Å². The molecule has 3 aromatic rings. The van der Waals surface area contributed by atoms with Crippen LogP contribution >= 0.6 is 0 Å². The Balaban J connectivity index is 1.78. The molecule has 0 aliphatic carbocycles. The maximum atomic E-state index is 5.71. The average Bonchev–Trinajstić information content (AvgIpc) is 3.28. The van der Waals surface area contributed by atoms with Gasteiger partial charge in [0.05, 0.1) is 17.7 Å². The number of benzene rings is 2. The van der Waals surface area contributed by atoms with Gasteiger partial charge >= 0.3 is 0 Å². The second-order valence-corrected chi connectivity index (χ2v) is 6.71. The van der Waals surface area contributed by atoms with E-state index in [2.05, 4.69) is 50.0 Å². The number of hydrazone groups is 1. The molecule has 126 valence electrons. The lowest BCUT2D eigenvalue weighted by molar-refractivity contribution is 0.465. The van der Waals surface area contributed by atoms with E-state index in [1.54, 1.807) is 6.26 Å². The van der Waals surface area contributed by atoms with Crippen molar-refractivity contribution >= 4 is 11.4 Å². The van der Waals surface area contributed by atoms with Crippen LogP contribution in [0.25, 0.3) is 0 Å². The van der Waals surface area contributed by atoms with Crippen molar-refractivity contribution in [1.82, 2.24) is 0 Å². The maximum Gasteiger partial charge on any atom is 0.128 e. The summed E-state index contributed by atoms with van der Waals surface area (Å²) in [6, 6.07) is 18.9. The van der Waals surface area contributed by atoms with Crippen molar-refractivity contribution in [3.8, 4) is 0 Å². The predicted molar refractivity (Wildman–Crippen MR) is 102 cm³/mol. The Morgan fingerprint density at radius 2 is 1.68 bits per heavy atom. The summed E-state index contributed by atoms with van der Waals surface area (Å²) in [6.45, 7) is 6.48. The second kappa shape index (κ2) is 6.25. The van der Waals surface area contributed by atoms with Gasteiger partial charge in [0.2, 0.25) is 0 Å². The van der Waals surface area contributed by atoms with Crippen LogP contribution < -0.4 is 5.01 Å². The van der Waals surface area contributed by atoms with Crippen molar-refractivity contribution in [1.29, 1.82) is 0 Å². The summed E-state index contributed by atoms with van der Waals surface area (Å²) in [6.07, 6.45) is 2.57. The van der Waals surface area contributed by atoms with E-state index in [1.807, 2.05) is 30.3 Å². The third kappa shape index (κ3) is 2.86. The molecule has 1 aliphatic rings. The molecule has 1 aromatic heterocycles. The number of hydrogen-bond donors (Lipinski definition) is 0. The number of rotatable bonds is 3. The van der Waals surface area contributed by atoms with Gasteiger partial charge in [-0.1, -0.05) is 24.3 Å². The minimum absolute atomic E-state index is 0.0911. The topological polar surface area (TPSA) is 28.7 Å². The van der Waals surface area contributed by atoms with Gasteiger partial charge in [-0.2, -0.15) is 5.10 Å². The number of nitrogens with zero attached hydrogens (tertiary/aromatic N) is 2. The molecule has 25 heavy (non-hydrogen) atoms. The molecule has 4 rings (SSSR count). The Hall–Kier alpha value is -2.81. The Labute approximate surface area is 148 Å². The molecule has 1 aliphatic heterocycles. The molecular weight excluding hydrogens is 308 g/mol. The number of anilines is 1. The SMILES string of the molecule is Cc1cc(C)c(C2=NN(c3ccccc3)[C@@H](c3ccco3)C2)cc1C. The Morgan fingerprint density at radius 3 is 2.40 bits per heavy atom. The minimum atomic E-state index is 0.0911. The van der Waals surface area contributed by atoms with Crippen molar-refractivity contribution in [2.75, 3.05) is 5.01 Å². The van der Waals surface area contributed by atoms with Crippen LogP contribution in [0.5, 0.6) is 0 Å². The zero-order chi connectivity index (χ0) is 17.4. The summed E-state index contributed by atoms with van der Waals surface area (Å²) in [4.78, 5) is 0. The first kappa shape index (κ1) is 15.7. The first-order valence-corrected chi connectivity index (χ1v) is 8.67. The standard InChI is InChI=1S/C22H22N2O/c1-15-12-17(3)19(13-16(15)2)20-14-21(22-10-7-11-25-22)24(23-20)18-8-5-4-6-9-18/h4-13,21H,14H2,1-3H3/t21-/m1/s1. The van der Waals surface area contributed by atoms with E-state index in [1.165, 1.54) is 22.3 Å². The predicted octanol–water partition coefficient (Wildman–Crippen LogP) is 5.56. The van der Waals surface area contributed by atoms with Crippen LogP contribution in [0.15, 0.2) is 70.4 Å². The lowest BCUT2D eigenvalue weighted by atomic mass is 9.95. The summed E-state index contributed by atoms with van der Waals surface area (Å²) in [5.41, 5.74) is 7.33. The Morgan fingerprint density at radius 1 is 0.920 bits per heavy atom. The highest BCUT2D eigenvalue weighted by Gasteiger charge is 2.32. The van der Waals surface area contributed by atoms with Gasteiger partial charge in [-0.25, -0.2) is 0 Å². The quantitative estimate of drug-likeness (QED) is 0.629. The first-order chi connectivity index (χ1) is 12.1. The lowest BCUT2D eigenvalue weighted by Crippen LogP contribution is -2.17. The third-order valence-electron chi connectivity index (χ3n) is 4.95. The molecular formula is C22H22N2O. The van der Waals surface area contributed by atoms with Gasteiger partial charge in [0.25, 0.3) is 0 Å². The van der Waals surface area contributed by atoms with Gasteiger partial charge in [0.15, 0.2) is 0 Å². The van der Waals surface area contributed by atoms with Crippen molar-refractivity contribution < 1.29 is 4.42 Å². The second-order valence-electron chi connectivity index (χ2n) is 6.71. The number of furan rings is 1. The summed E-state index contributed by atoms with van der Waals surface area (Å²) in [5, 5.41) is 7.07. The molecule has 0 saturated heterocycles. The van der Waals surface area contributed by atoms with E-state index in [0.29, 0.717) is 0 Å². The van der Waals surface area contributed by atoms with Gasteiger partial charge in [0.1, 0.15) is 11.8 Å². The zero-order valence-corrected chi connectivity index (χ0v) is 14.9. The molecule has 2 heterocycles. The van der Waals surface area contributed by atoms with Gasteiger partial charge in [-0.05, 0) is 67.8 Å². The van der Waals surface area contributed by atoms with Crippen LogP contribution in [-0.4, -0.2) is 5.71 Å². The minimum Gasteiger partial charge on any atom is -0.467 e. The Kier molecular flexibility index (Phi) is 3.92. The third-order valence-corrected chi connectivity index (χ3v) is 4.95. The highest BCUT2D eigenvalue weighted by Crippen LogP contribution is 2.37. The highest BCUT2D eigenvalue weighted by atomic mass is 16.3. The highest BCUT2D eigenvalue weighted by molar-refractivity contribution is 6.04. The largest absolute Gasteiger partial charge is 0.467 e. The molecule has 0 unspecified atom stereocenters. The smallest absolute Gasteiger partial charge is 0.128 e. The van der Waals surface area contributed by atoms with Gasteiger partial charge in [-0.3, -0.25) is 5.01 Å². The molecule has 0 spiro atoms. The van der Waals surface area contributed by atoms with E-state index in [4.69, 9.17) is 9.52 Å². The van der Waals surface area contributed by atoms with Crippen LogP contribution in [0.2, 0.25) is 0 Å². The average molecular weight is 330 g/mol. The fraction of sp³-hybridized carbons (Fsp3) is 0.227. The van der Waals surface area contributed by atoms with Crippen molar-refractivity contribution in [3.05, 3.63) is 88.9 Å². The normalized spacial score (nSPS) is 17.0. The van der Waals surface area contributed by atoms with E-state index >= 15 is 0 Å². The van der Waals surface area contributed by atoms with Crippen LogP contribution in [0.3, 0.4) is 0 Å². The van der Waals surface area contributed by atoms with E-state index in [-0.39, 0.29) is 6.04 Å². The van der Waals surface area contributed by atoms with Gasteiger partial charge in [0, 0.05) is 12.0 Å². The van der Waals surface area contributed by atoms with E-state index in [9.17, 15) is 0 Å². The monoisotopic (exact) mass is 330 g/mol. The van der Waals surface area contributed by atoms with Crippen LogP contribution in [0, 0.1) is 20.8 Å². The maximum absolute atomic E-state index is 5.71. The fourth-order valence-electron chi connectivity index (χ4n) is 3.47. The number of aryl methyl sites for hydroxylation is 3. The molecule has 0 radical (unpaired) electrons. The summed E-state index contributed by atoms with van der Waals surface area (Å²) in [7, 11) is 0. The summed E-state index contributed by atoms with van der Waals surface area (Å²) in [5.74, 6) is 0.948. The molecule has 0 amide bonds. The molecule has 0 saturated carbocycles. The van der Waals surface area contributed by atoms with E-state index in [0.717, 1.165) is 23.6 Å². The summed E-state index contributed by atoms with van der Waals surface area (Å²) >= 11 is 0. The zero-order valence-electron chi connectivity index (χ0n) is 14.9. The van der Waals surface area contributed by atoms with Gasteiger partial charge < -0.3 is 4.42 Å². The molecule has 2 aromatic carbocycles. The van der Waals surface area contributed by atoms with Crippen LogP contribution in [0.1, 0.15) is 40.5 Å². The molecule has 0 N–H and O–H groups in total. The fourth-order valence-corrected chi connectivity index (χ4v) is 3.47. The molecule has 0 bridgehead atoms. The Bertz CT molecular complexity index is 911. The summed E-state index contributed by atoms with van der Waals surface area (Å²) < 4.78 is 5.71. The van der Waals surface area contributed by atoms with Crippen molar-refractivity contribution in [2.24, 2.45) is 5.10 Å². The number of hydrogen-bond acceptors (Lipinski definition) is 3.